The Hall–Kier alpha value is -1.46. The maximum atomic E-state index is 10.5. The summed E-state index contributed by atoms with van der Waals surface area (Å²) >= 11 is 0. The van der Waals surface area contributed by atoms with Gasteiger partial charge in [-0.15, -0.1) is 0 Å². The van der Waals surface area contributed by atoms with Crippen LogP contribution in [0.1, 0.15) is 32.4 Å². The first-order valence-electron chi connectivity index (χ1n) is 5.47. The monoisotopic (exact) mass is 238 g/mol. The number of aliphatic hydroxyl groups is 1. The lowest BCUT2D eigenvalue weighted by molar-refractivity contribution is -0.384. The van der Waals surface area contributed by atoms with Gasteiger partial charge in [-0.3, -0.25) is 10.1 Å². The van der Waals surface area contributed by atoms with E-state index in [0.717, 1.165) is 0 Å². The summed E-state index contributed by atoms with van der Waals surface area (Å²) in [6.07, 6.45) is -0.657. The molecule has 5 nitrogen and oxygen atoms in total. The van der Waals surface area contributed by atoms with Crippen molar-refractivity contribution in [3.05, 3.63) is 39.9 Å². The van der Waals surface area contributed by atoms with Gasteiger partial charge in [0.25, 0.3) is 5.69 Å². The highest BCUT2D eigenvalue weighted by Crippen LogP contribution is 2.17. The zero-order valence-corrected chi connectivity index (χ0v) is 10.3. The Labute approximate surface area is 101 Å². The van der Waals surface area contributed by atoms with E-state index in [-0.39, 0.29) is 11.2 Å². The van der Waals surface area contributed by atoms with Gasteiger partial charge in [0, 0.05) is 24.2 Å². The minimum atomic E-state index is -0.657. The molecule has 0 aliphatic heterocycles. The molecule has 0 amide bonds. The first-order chi connectivity index (χ1) is 7.79. The minimum Gasteiger partial charge on any atom is -0.387 e. The van der Waals surface area contributed by atoms with Crippen molar-refractivity contribution in [2.45, 2.75) is 32.4 Å². The smallest absolute Gasteiger partial charge is 0.269 e. The Morgan fingerprint density at radius 2 is 1.88 bits per heavy atom. The van der Waals surface area contributed by atoms with Crippen LogP contribution < -0.4 is 5.32 Å². The van der Waals surface area contributed by atoms with E-state index in [9.17, 15) is 15.2 Å². The number of nitro benzene ring substituents is 1. The standard InChI is InChI=1S/C12H18N2O3/c1-12(2,3)13-8-11(15)9-4-6-10(7-5-9)14(16)17/h4-7,11,13,15H,8H2,1-3H3/t11-/m0/s1. The summed E-state index contributed by atoms with van der Waals surface area (Å²) < 4.78 is 0. The molecule has 0 saturated heterocycles. The van der Waals surface area contributed by atoms with Crippen molar-refractivity contribution in [3.8, 4) is 0 Å². The first kappa shape index (κ1) is 13.6. The van der Waals surface area contributed by atoms with E-state index in [1.807, 2.05) is 20.8 Å². The van der Waals surface area contributed by atoms with Crippen LogP contribution in [0.2, 0.25) is 0 Å². The average molecular weight is 238 g/mol. The zero-order chi connectivity index (χ0) is 13.1. The van der Waals surface area contributed by atoms with E-state index in [1.165, 1.54) is 12.1 Å². The van der Waals surface area contributed by atoms with Crippen LogP contribution in [-0.4, -0.2) is 22.1 Å². The van der Waals surface area contributed by atoms with Gasteiger partial charge in [-0.2, -0.15) is 0 Å². The lowest BCUT2D eigenvalue weighted by atomic mass is 10.1. The summed E-state index contributed by atoms with van der Waals surface area (Å²) in [7, 11) is 0. The number of hydrogen-bond acceptors (Lipinski definition) is 4. The third kappa shape index (κ3) is 4.50. The summed E-state index contributed by atoms with van der Waals surface area (Å²) in [6.45, 7) is 6.45. The third-order valence-corrected chi connectivity index (χ3v) is 2.31. The van der Waals surface area contributed by atoms with E-state index in [0.29, 0.717) is 12.1 Å². The molecular weight excluding hydrogens is 220 g/mol. The number of nitrogens with zero attached hydrogens (tertiary/aromatic N) is 1. The van der Waals surface area contributed by atoms with Gasteiger partial charge >= 0.3 is 0 Å². The van der Waals surface area contributed by atoms with Crippen LogP contribution in [-0.2, 0) is 0 Å². The maximum absolute atomic E-state index is 10.5. The van der Waals surface area contributed by atoms with Crippen molar-refractivity contribution in [1.82, 2.24) is 5.32 Å². The molecule has 0 unspecified atom stereocenters. The molecule has 0 saturated carbocycles. The third-order valence-electron chi connectivity index (χ3n) is 2.31. The number of hydrogen-bond donors (Lipinski definition) is 2. The molecule has 5 heteroatoms. The Bertz CT molecular complexity index is 382. The Morgan fingerprint density at radius 1 is 1.35 bits per heavy atom. The van der Waals surface area contributed by atoms with Gasteiger partial charge in [-0.1, -0.05) is 0 Å². The van der Waals surface area contributed by atoms with Crippen molar-refractivity contribution in [2.24, 2.45) is 0 Å². The summed E-state index contributed by atoms with van der Waals surface area (Å²) in [5.74, 6) is 0. The number of nitro groups is 1. The summed E-state index contributed by atoms with van der Waals surface area (Å²) in [5.41, 5.74) is 0.638. The van der Waals surface area contributed by atoms with Crippen molar-refractivity contribution in [3.63, 3.8) is 0 Å². The lowest BCUT2D eigenvalue weighted by Crippen LogP contribution is -2.38. The molecule has 0 spiro atoms. The van der Waals surface area contributed by atoms with Gasteiger partial charge in [0.1, 0.15) is 0 Å². The molecule has 94 valence electrons. The van der Waals surface area contributed by atoms with E-state index >= 15 is 0 Å². The molecule has 1 aromatic carbocycles. The van der Waals surface area contributed by atoms with Crippen molar-refractivity contribution in [1.29, 1.82) is 0 Å². The second kappa shape index (κ2) is 5.25. The van der Waals surface area contributed by atoms with E-state index in [1.54, 1.807) is 12.1 Å². The number of aliphatic hydroxyl groups excluding tert-OH is 1. The van der Waals surface area contributed by atoms with Gasteiger partial charge < -0.3 is 10.4 Å². The number of benzene rings is 1. The molecule has 0 heterocycles. The van der Waals surface area contributed by atoms with Crippen LogP contribution in [0.25, 0.3) is 0 Å². The molecule has 1 rings (SSSR count). The number of rotatable bonds is 4. The van der Waals surface area contributed by atoms with Gasteiger partial charge in [-0.25, -0.2) is 0 Å². The Kier molecular flexibility index (Phi) is 4.20. The normalized spacial score (nSPS) is 13.4. The number of nitrogens with one attached hydrogen (secondary N) is 1. The summed E-state index contributed by atoms with van der Waals surface area (Å²) in [4.78, 5) is 10.0. The second-order valence-corrected chi connectivity index (χ2v) is 5.00. The molecule has 0 aliphatic rings. The summed E-state index contributed by atoms with van der Waals surface area (Å²) in [5, 5.41) is 23.5. The highest BCUT2D eigenvalue weighted by atomic mass is 16.6. The molecular formula is C12H18N2O3. The first-order valence-corrected chi connectivity index (χ1v) is 5.47. The van der Waals surface area contributed by atoms with Crippen LogP contribution in [0.15, 0.2) is 24.3 Å². The number of β-amino-alcohol motifs (C(OH)–C–C–N with tert-alkyl or cyclic N) is 1. The van der Waals surface area contributed by atoms with E-state index < -0.39 is 11.0 Å². The van der Waals surface area contributed by atoms with Crippen LogP contribution in [0.5, 0.6) is 0 Å². The lowest BCUT2D eigenvalue weighted by Gasteiger charge is -2.23. The van der Waals surface area contributed by atoms with Crippen LogP contribution >= 0.6 is 0 Å². The zero-order valence-electron chi connectivity index (χ0n) is 10.3. The molecule has 0 aromatic heterocycles. The molecule has 0 aliphatic carbocycles. The predicted molar refractivity (Wildman–Crippen MR) is 65.8 cm³/mol. The SMILES string of the molecule is CC(C)(C)NC[C@H](O)c1ccc([N+](=O)[O-])cc1. The molecule has 0 fully saturated rings. The fourth-order valence-corrected chi connectivity index (χ4v) is 1.34. The fraction of sp³-hybridized carbons (Fsp3) is 0.500. The van der Waals surface area contributed by atoms with Gasteiger partial charge in [0.05, 0.1) is 11.0 Å². The van der Waals surface area contributed by atoms with Crippen molar-refractivity contribution >= 4 is 5.69 Å². The fourth-order valence-electron chi connectivity index (χ4n) is 1.34. The predicted octanol–water partition coefficient (Wildman–Crippen LogP) is 2.02. The second-order valence-electron chi connectivity index (χ2n) is 5.00. The molecule has 1 atom stereocenters. The molecule has 1 aromatic rings. The van der Waals surface area contributed by atoms with Crippen LogP contribution in [0.4, 0.5) is 5.69 Å². The van der Waals surface area contributed by atoms with Gasteiger partial charge in [0.2, 0.25) is 0 Å². The quantitative estimate of drug-likeness (QED) is 0.621. The summed E-state index contributed by atoms with van der Waals surface area (Å²) in [6, 6.07) is 5.95. The minimum absolute atomic E-state index is 0.0322. The highest BCUT2D eigenvalue weighted by Gasteiger charge is 2.14. The number of non-ortho nitro benzene ring substituents is 1. The topological polar surface area (TPSA) is 75.4 Å². The molecule has 0 bridgehead atoms. The van der Waals surface area contributed by atoms with Gasteiger partial charge in [0.15, 0.2) is 0 Å². The van der Waals surface area contributed by atoms with Crippen LogP contribution in [0.3, 0.4) is 0 Å². The van der Waals surface area contributed by atoms with Gasteiger partial charge in [-0.05, 0) is 38.5 Å². The van der Waals surface area contributed by atoms with E-state index in [4.69, 9.17) is 0 Å². The Balaban J connectivity index is 2.63. The molecule has 2 N–H and O–H groups in total. The molecule has 17 heavy (non-hydrogen) atoms. The molecule has 0 radical (unpaired) electrons. The average Bonchev–Trinajstić information content (AvgIpc) is 2.25. The van der Waals surface area contributed by atoms with Crippen LogP contribution in [0, 0.1) is 10.1 Å². The van der Waals surface area contributed by atoms with E-state index in [2.05, 4.69) is 5.32 Å². The van der Waals surface area contributed by atoms with Crippen molar-refractivity contribution in [2.75, 3.05) is 6.54 Å². The van der Waals surface area contributed by atoms with Crippen molar-refractivity contribution < 1.29 is 10.0 Å². The largest absolute Gasteiger partial charge is 0.387 e. The highest BCUT2D eigenvalue weighted by molar-refractivity contribution is 5.33. The maximum Gasteiger partial charge on any atom is 0.269 e. The Morgan fingerprint density at radius 3 is 2.29 bits per heavy atom.